The molecule has 1 N–H and O–H groups in total. The zero-order valence-electron chi connectivity index (χ0n) is 14.7. The number of nitrogens with one attached hydrogen (secondary N) is 1. The topological polar surface area (TPSA) is 39.3 Å². The summed E-state index contributed by atoms with van der Waals surface area (Å²) in [6, 6.07) is 9.04. The number of aromatic nitrogens is 1. The zero-order chi connectivity index (χ0) is 16.7. The van der Waals surface area contributed by atoms with E-state index < -0.39 is 0 Å². The van der Waals surface area contributed by atoms with Gasteiger partial charge in [-0.25, -0.2) is 0 Å². The summed E-state index contributed by atoms with van der Waals surface area (Å²) in [5, 5.41) is 1.13. The Hall–Kier alpha value is -1.81. The Balaban J connectivity index is 1.58. The van der Waals surface area contributed by atoms with Gasteiger partial charge in [-0.2, -0.15) is 0 Å². The van der Waals surface area contributed by atoms with Gasteiger partial charge in [0.15, 0.2) is 0 Å². The molecule has 3 heterocycles. The minimum Gasteiger partial charge on any atom is -0.351 e. The number of hydrogen-bond acceptors (Lipinski definition) is 2. The Bertz CT molecular complexity index is 748. The van der Waals surface area contributed by atoms with Crippen LogP contribution in [0.4, 0.5) is 0 Å². The number of fused-ring (bicyclic) bond motifs is 2. The first-order chi connectivity index (χ1) is 11.6. The zero-order valence-corrected chi connectivity index (χ0v) is 14.7. The molecular formula is C20H27N3O. The molecular weight excluding hydrogens is 298 g/mol. The molecule has 2 saturated heterocycles. The molecule has 2 aliphatic heterocycles. The maximum atomic E-state index is 13.0. The molecule has 1 atom stereocenters. The molecule has 4 heteroatoms. The molecule has 1 amide bonds. The third kappa shape index (κ3) is 2.84. The van der Waals surface area contributed by atoms with E-state index >= 15 is 0 Å². The van der Waals surface area contributed by atoms with Crippen LogP contribution in [0.15, 0.2) is 24.3 Å². The van der Waals surface area contributed by atoms with Crippen LogP contribution in [0, 0.1) is 0 Å². The lowest BCUT2D eigenvalue weighted by atomic mass is 10.0. The molecule has 2 aliphatic rings. The second-order valence-corrected chi connectivity index (χ2v) is 7.62. The Morgan fingerprint density at radius 1 is 1.17 bits per heavy atom. The Morgan fingerprint density at radius 3 is 2.83 bits per heavy atom. The van der Waals surface area contributed by atoms with Crippen LogP contribution in [0.25, 0.3) is 10.9 Å². The number of aromatic amines is 1. The lowest BCUT2D eigenvalue weighted by Crippen LogP contribution is -2.39. The number of nitrogens with zero attached hydrogens (tertiary/aromatic N) is 2. The molecule has 1 aromatic carbocycles. The van der Waals surface area contributed by atoms with Gasteiger partial charge in [0.1, 0.15) is 5.69 Å². The van der Waals surface area contributed by atoms with Crippen LogP contribution in [0.2, 0.25) is 0 Å². The summed E-state index contributed by atoms with van der Waals surface area (Å²) in [7, 11) is 0. The van der Waals surface area contributed by atoms with Gasteiger partial charge in [-0.05, 0) is 49.4 Å². The Kier molecular flexibility index (Phi) is 4.09. The summed E-state index contributed by atoms with van der Waals surface area (Å²) in [4.78, 5) is 21.0. The SMILES string of the molecule is CC(C)c1ccc2cc(C(=O)N3CCCN4CCC[C@@H]4C3)[nH]c2c1. The molecule has 0 aliphatic carbocycles. The largest absolute Gasteiger partial charge is 0.351 e. The minimum absolute atomic E-state index is 0.158. The van der Waals surface area contributed by atoms with E-state index in [0.717, 1.165) is 42.7 Å². The van der Waals surface area contributed by atoms with Crippen LogP contribution in [0.5, 0.6) is 0 Å². The highest BCUT2D eigenvalue weighted by atomic mass is 16.2. The van der Waals surface area contributed by atoms with E-state index in [-0.39, 0.29) is 5.91 Å². The average molecular weight is 325 g/mol. The summed E-state index contributed by atoms with van der Waals surface area (Å²) < 4.78 is 0. The summed E-state index contributed by atoms with van der Waals surface area (Å²) in [6.07, 6.45) is 3.59. The number of carbonyl (C=O) groups excluding carboxylic acids is 1. The molecule has 4 nitrogen and oxygen atoms in total. The average Bonchev–Trinajstić information content (AvgIpc) is 3.14. The van der Waals surface area contributed by atoms with Crippen LogP contribution >= 0.6 is 0 Å². The van der Waals surface area contributed by atoms with Gasteiger partial charge in [-0.1, -0.05) is 26.0 Å². The predicted molar refractivity (Wildman–Crippen MR) is 97.5 cm³/mol. The lowest BCUT2D eigenvalue weighted by Gasteiger charge is -2.25. The lowest BCUT2D eigenvalue weighted by molar-refractivity contribution is 0.0738. The van der Waals surface area contributed by atoms with Crippen LogP contribution in [0.3, 0.4) is 0 Å². The molecule has 0 spiro atoms. The maximum absolute atomic E-state index is 13.0. The first-order valence-electron chi connectivity index (χ1n) is 9.28. The molecule has 2 fully saturated rings. The predicted octanol–water partition coefficient (Wildman–Crippen LogP) is 3.60. The van der Waals surface area contributed by atoms with Gasteiger partial charge in [0.25, 0.3) is 5.91 Å². The van der Waals surface area contributed by atoms with Gasteiger partial charge in [-0.3, -0.25) is 9.69 Å². The fraction of sp³-hybridized carbons (Fsp3) is 0.550. The van der Waals surface area contributed by atoms with Crippen molar-refractivity contribution in [1.82, 2.24) is 14.8 Å². The standard InChI is InChI=1S/C20H27N3O/c1-14(2)15-6-7-16-12-19(21-18(16)11-15)20(24)23-10-4-9-22-8-3-5-17(22)13-23/h6-7,11-12,14,17,21H,3-5,8-10,13H2,1-2H3/t17-/m1/s1. The van der Waals surface area contributed by atoms with Crippen molar-refractivity contribution >= 4 is 16.8 Å². The number of amides is 1. The first-order valence-corrected chi connectivity index (χ1v) is 9.28. The molecule has 2 aromatic rings. The van der Waals surface area contributed by atoms with Crippen molar-refractivity contribution in [3.63, 3.8) is 0 Å². The van der Waals surface area contributed by atoms with Gasteiger partial charge in [0, 0.05) is 36.6 Å². The first kappa shape index (κ1) is 15.7. The van der Waals surface area contributed by atoms with Crippen LogP contribution in [-0.4, -0.2) is 52.9 Å². The molecule has 24 heavy (non-hydrogen) atoms. The van der Waals surface area contributed by atoms with E-state index in [1.807, 2.05) is 6.07 Å². The highest BCUT2D eigenvalue weighted by Crippen LogP contribution is 2.25. The normalized spacial score (nSPS) is 22.1. The molecule has 128 valence electrons. The van der Waals surface area contributed by atoms with E-state index in [9.17, 15) is 4.79 Å². The molecule has 1 aromatic heterocycles. The Morgan fingerprint density at radius 2 is 2.00 bits per heavy atom. The number of rotatable bonds is 2. The van der Waals surface area contributed by atoms with Crippen molar-refractivity contribution in [3.8, 4) is 0 Å². The van der Waals surface area contributed by atoms with E-state index in [1.165, 1.54) is 24.9 Å². The number of carbonyl (C=O) groups is 1. The van der Waals surface area contributed by atoms with Crippen molar-refractivity contribution in [2.45, 2.75) is 45.1 Å². The van der Waals surface area contributed by atoms with Crippen molar-refractivity contribution in [2.24, 2.45) is 0 Å². The van der Waals surface area contributed by atoms with E-state index in [2.05, 4.69) is 46.8 Å². The highest BCUT2D eigenvalue weighted by molar-refractivity contribution is 5.98. The molecule has 0 radical (unpaired) electrons. The van der Waals surface area contributed by atoms with Gasteiger partial charge in [-0.15, -0.1) is 0 Å². The quantitative estimate of drug-likeness (QED) is 0.916. The smallest absolute Gasteiger partial charge is 0.270 e. The maximum Gasteiger partial charge on any atom is 0.270 e. The summed E-state index contributed by atoms with van der Waals surface area (Å²) in [6.45, 7) is 8.49. The van der Waals surface area contributed by atoms with Crippen molar-refractivity contribution < 1.29 is 4.79 Å². The molecule has 0 unspecified atom stereocenters. The van der Waals surface area contributed by atoms with Crippen molar-refractivity contribution in [1.29, 1.82) is 0 Å². The monoisotopic (exact) mass is 325 g/mol. The van der Waals surface area contributed by atoms with E-state index in [4.69, 9.17) is 0 Å². The third-order valence-corrected chi connectivity index (χ3v) is 5.63. The van der Waals surface area contributed by atoms with E-state index in [1.54, 1.807) is 0 Å². The van der Waals surface area contributed by atoms with Crippen LogP contribution < -0.4 is 0 Å². The van der Waals surface area contributed by atoms with Crippen molar-refractivity contribution in [2.75, 3.05) is 26.2 Å². The fourth-order valence-corrected chi connectivity index (χ4v) is 4.18. The van der Waals surface area contributed by atoms with Gasteiger partial charge in [0.05, 0.1) is 0 Å². The second-order valence-electron chi connectivity index (χ2n) is 7.62. The van der Waals surface area contributed by atoms with Crippen LogP contribution in [0.1, 0.15) is 55.1 Å². The summed E-state index contributed by atoms with van der Waals surface area (Å²) in [5.74, 6) is 0.654. The molecule has 0 bridgehead atoms. The molecule has 4 rings (SSSR count). The highest BCUT2D eigenvalue weighted by Gasteiger charge is 2.31. The van der Waals surface area contributed by atoms with Crippen LogP contribution in [-0.2, 0) is 0 Å². The third-order valence-electron chi connectivity index (χ3n) is 5.63. The molecule has 0 saturated carbocycles. The second kappa shape index (κ2) is 6.25. The van der Waals surface area contributed by atoms with Gasteiger partial charge in [0.2, 0.25) is 0 Å². The van der Waals surface area contributed by atoms with Crippen molar-refractivity contribution in [3.05, 3.63) is 35.5 Å². The van der Waals surface area contributed by atoms with Gasteiger partial charge >= 0.3 is 0 Å². The fourth-order valence-electron chi connectivity index (χ4n) is 4.18. The number of benzene rings is 1. The summed E-state index contributed by atoms with van der Waals surface area (Å²) in [5.41, 5.74) is 3.11. The van der Waals surface area contributed by atoms with E-state index in [0.29, 0.717) is 12.0 Å². The Labute approximate surface area is 143 Å². The van der Waals surface area contributed by atoms with Gasteiger partial charge < -0.3 is 9.88 Å². The summed E-state index contributed by atoms with van der Waals surface area (Å²) >= 11 is 0. The minimum atomic E-state index is 0.158. The number of hydrogen-bond donors (Lipinski definition) is 1. The number of H-pyrrole nitrogens is 1.